The second-order valence-electron chi connectivity index (χ2n) is 7.89. The number of aryl methyl sites for hydroxylation is 1. The van der Waals surface area contributed by atoms with E-state index in [0.29, 0.717) is 0 Å². The van der Waals surface area contributed by atoms with Gasteiger partial charge in [-0.25, -0.2) is 0 Å². The molecule has 1 nitrogen and oxygen atoms in total. The zero-order valence-electron chi connectivity index (χ0n) is 16.8. The number of fused-ring (bicyclic) bond motifs is 5. The summed E-state index contributed by atoms with van der Waals surface area (Å²) >= 11 is 0. The molecule has 0 N–H and O–H groups in total. The Hall–Kier alpha value is -3.84. The van der Waals surface area contributed by atoms with Gasteiger partial charge in [-0.3, -0.25) is 0 Å². The number of para-hydroxylation sites is 1. The summed E-state index contributed by atoms with van der Waals surface area (Å²) in [6.07, 6.45) is 0. The van der Waals surface area contributed by atoms with Gasteiger partial charge in [0, 0.05) is 28.7 Å². The highest BCUT2D eigenvalue weighted by atomic mass is 14.9. The second-order valence-corrected chi connectivity index (χ2v) is 7.89. The molecule has 0 spiro atoms. The average molecular weight is 383 g/mol. The third kappa shape index (κ3) is 2.49. The lowest BCUT2D eigenvalue weighted by Gasteiger charge is -2.11. The number of hydrogen-bond donors (Lipinski definition) is 0. The first-order chi connectivity index (χ1) is 14.8. The van der Waals surface area contributed by atoms with E-state index in [4.69, 9.17) is 0 Å². The highest BCUT2D eigenvalue weighted by Crippen LogP contribution is 2.39. The van der Waals surface area contributed by atoms with E-state index < -0.39 is 0 Å². The number of hydrogen-bond acceptors (Lipinski definition) is 0. The van der Waals surface area contributed by atoms with Gasteiger partial charge in [0.05, 0.1) is 5.52 Å². The smallest absolute Gasteiger partial charge is 0.0568 e. The van der Waals surface area contributed by atoms with Gasteiger partial charge in [0.1, 0.15) is 0 Å². The van der Waals surface area contributed by atoms with Gasteiger partial charge in [0.2, 0.25) is 0 Å². The van der Waals surface area contributed by atoms with E-state index in [-0.39, 0.29) is 0 Å². The summed E-state index contributed by atoms with van der Waals surface area (Å²) < 4.78 is 2.33. The second kappa shape index (κ2) is 6.60. The molecule has 0 aliphatic carbocycles. The molecule has 0 saturated heterocycles. The summed E-state index contributed by atoms with van der Waals surface area (Å²) in [5.74, 6) is 0. The van der Waals surface area contributed by atoms with Gasteiger partial charge < -0.3 is 4.57 Å². The Morgan fingerprint density at radius 1 is 0.467 bits per heavy atom. The molecule has 0 atom stereocenters. The molecular weight excluding hydrogens is 362 g/mol. The van der Waals surface area contributed by atoms with Crippen molar-refractivity contribution in [1.82, 2.24) is 4.57 Å². The number of rotatable bonds is 2. The van der Waals surface area contributed by atoms with Crippen molar-refractivity contribution in [2.24, 2.45) is 7.05 Å². The van der Waals surface area contributed by atoms with Crippen LogP contribution in [-0.4, -0.2) is 4.57 Å². The third-order valence-electron chi connectivity index (χ3n) is 6.21. The standard InChI is InChI=1S/C29H21N/c1-30-28-14-8-7-12-24(28)27-19-26(23-11-5-6-13-25(23)29(27)30)22-17-15-21(16-18-22)20-9-3-2-4-10-20/h2-19H,1H3. The predicted molar refractivity (Wildman–Crippen MR) is 129 cm³/mol. The molecule has 0 unspecified atom stereocenters. The fourth-order valence-electron chi connectivity index (χ4n) is 4.75. The fourth-order valence-corrected chi connectivity index (χ4v) is 4.75. The minimum absolute atomic E-state index is 1.25. The molecule has 30 heavy (non-hydrogen) atoms. The van der Waals surface area contributed by atoms with Crippen LogP contribution in [0.3, 0.4) is 0 Å². The van der Waals surface area contributed by atoms with Gasteiger partial charge in [-0.2, -0.15) is 0 Å². The van der Waals surface area contributed by atoms with Crippen molar-refractivity contribution in [3.63, 3.8) is 0 Å². The molecule has 0 aliphatic heterocycles. The maximum absolute atomic E-state index is 2.37. The lowest BCUT2D eigenvalue weighted by molar-refractivity contribution is 1.02. The van der Waals surface area contributed by atoms with Crippen LogP contribution in [0.25, 0.3) is 54.8 Å². The lowest BCUT2D eigenvalue weighted by Crippen LogP contribution is -1.89. The zero-order valence-corrected chi connectivity index (χ0v) is 16.8. The maximum atomic E-state index is 2.37. The Balaban J connectivity index is 1.63. The molecule has 1 aromatic heterocycles. The number of aromatic nitrogens is 1. The first-order valence-electron chi connectivity index (χ1n) is 10.4. The van der Waals surface area contributed by atoms with Crippen molar-refractivity contribution < 1.29 is 0 Å². The third-order valence-corrected chi connectivity index (χ3v) is 6.21. The van der Waals surface area contributed by atoms with E-state index in [9.17, 15) is 0 Å². The van der Waals surface area contributed by atoms with E-state index in [1.54, 1.807) is 0 Å². The van der Waals surface area contributed by atoms with E-state index in [0.717, 1.165) is 0 Å². The Bertz CT molecular complexity index is 1520. The van der Waals surface area contributed by atoms with Crippen LogP contribution in [0.2, 0.25) is 0 Å². The van der Waals surface area contributed by atoms with Crippen LogP contribution >= 0.6 is 0 Å². The summed E-state index contributed by atoms with van der Waals surface area (Å²) in [7, 11) is 2.17. The van der Waals surface area contributed by atoms with Crippen molar-refractivity contribution >= 4 is 32.6 Å². The van der Waals surface area contributed by atoms with Crippen LogP contribution < -0.4 is 0 Å². The van der Waals surface area contributed by atoms with E-state index in [1.807, 2.05) is 0 Å². The van der Waals surface area contributed by atoms with Crippen molar-refractivity contribution in [3.05, 3.63) is 109 Å². The molecule has 0 aliphatic rings. The first kappa shape index (κ1) is 17.1. The van der Waals surface area contributed by atoms with E-state index in [2.05, 4.69) is 121 Å². The highest BCUT2D eigenvalue weighted by Gasteiger charge is 2.14. The first-order valence-corrected chi connectivity index (χ1v) is 10.4. The summed E-state index contributed by atoms with van der Waals surface area (Å²) in [6, 6.07) is 39.3. The topological polar surface area (TPSA) is 4.93 Å². The fraction of sp³-hybridized carbons (Fsp3) is 0.0345. The molecule has 5 aromatic carbocycles. The van der Waals surface area contributed by atoms with Crippen molar-refractivity contribution in [2.75, 3.05) is 0 Å². The Labute approximate surface area is 175 Å². The van der Waals surface area contributed by atoms with Crippen LogP contribution in [0.5, 0.6) is 0 Å². The van der Waals surface area contributed by atoms with Crippen LogP contribution in [0, 0.1) is 0 Å². The monoisotopic (exact) mass is 383 g/mol. The minimum Gasteiger partial charge on any atom is -0.343 e. The highest BCUT2D eigenvalue weighted by molar-refractivity contribution is 6.21. The maximum Gasteiger partial charge on any atom is 0.0568 e. The summed E-state index contributed by atoms with van der Waals surface area (Å²) in [4.78, 5) is 0. The molecule has 6 rings (SSSR count). The largest absolute Gasteiger partial charge is 0.343 e. The molecule has 1 heterocycles. The van der Waals surface area contributed by atoms with Gasteiger partial charge in [-0.1, -0.05) is 97.1 Å². The summed E-state index contributed by atoms with van der Waals surface area (Å²) in [6.45, 7) is 0. The van der Waals surface area contributed by atoms with Gasteiger partial charge >= 0.3 is 0 Å². The van der Waals surface area contributed by atoms with Gasteiger partial charge in [-0.15, -0.1) is 0 Å². The zero-order chi connectivity index (χ0) is 20.1. The molecule has 0 bridgehead atoms. The summed E-state index contributed by atoms with van der Waals surface area (Å²) in [5.41, 5.74) is 7.61. The molecule has 142 valence electrons. The van der Waals surface area contributed by atoms with Crippen LogP contribution in [0.1, 0.15) is 0 Å². The summed E-state index contributed by atoms with van der Waals surface area (Å²) in [5, 5.41) is 5.22. The Morgan fingerprint density at radius 2 is 1.03 bits per heavy atom. The van der Waals surface area contributed by atoms with E-state index >= 15 is 0 Å². The van der Waals surface area contributed by atoms with Crippen molar-refractivity contribution in [1.29, 1.82) is 0 Å². The minimum atomic E-state index is 1.25. The molecule has 1 heteroatoms. The average Bonchev–Trinajstić information content (AvgIpc) is 3.12. The van der Waals surface area contributed by atoms with Gasteiger partial charge in [0.25, 0.3) is 0 Å². The molecule has 0 fully saturated rings. The molecule has 6 aromatic rings. The number of nitrogens with zero attached hydrogens (tertiary/aromatic N) is 1. The molecular formula is C29H21N. The Morgan fingerprint density at radius 3 is 1.80 bits per heavy atom. The SMILES string of the molecule is Cn1c2ccccc2c2cc(-c3ccc(-c4ccccc4)cc3)c3ccccc3c21. The van der Waals surface area contributed by atoms with Gasteiger partial charge in [0.15, 0.2) is 0 Å². The lowest BCUT2D eigenvalue weighted by atomic mass is 9.94. The normalized spacial score (nSPS) is 11.5. The Kier molecular flexibility index (Phi) is 3.75. The molecule has 0 radical (unpaired) electrons. The van der Waals surface area contributed by atoms with E-state index in [1.165, 1.54) is 54.8 Å². The molecule has 0 amide bonds. The number of benzene rings is 5. The van der Waals surface area contributed by atoms with Gasteiger partial charge in [-0.05, 0) is 39.8 Å². The molecule has 0 saturated carbocycles. The van der Waals surface area contributed by atoms with Crippen LogP contribution in [0.4, 0.5) is 0 Å². The quantitative estimate of drug-likeness (QED) is 0.287. The van der Waals surface area contributed by atoms with Crippen LogP contribution in [0.15, 0.2) is 109 Å². The van der Waals surface area contributed by atoms with Crippen molar-refractivity contribution in [3.8, 4) is 22.3 Å². The van der Waals surface area contributed by atoms with Crippen molar-refractivity contribution in [2.45, 2.75) is 0 Å². The predicted octanol–water partition coefficient (Wildman–Crippen LogP) is 7.82. The van der Waals surface area contributed by atoms with Crippen LogP contribution in [-0.2, 0) is 7.05 Å².